The summed E-state index contributed by atoms with van der Waals surface area (Å²) in [6, 6.07) is 6.08. The largest absolute Gasteiger partial charge is 0.445 e. The lowest BCUT2D eigenvalue weighted by atomic mass is 10.1. The zero-order chi connectivity index (χ0) is 10.1. The summed E-state index contributed by atoms with van der Waals surface area (Å²) in [5.74, 6) is 0.808. The Kier molecular flexibility index (Phi) is 2.08. The van der Waals surface area contributed by atoms with Gasteiger partial charge in [-0.25, -0.2) is 9.37 Å². The number of aryl methyl sites for hydroxylation is 1. The molecular weight excluding hydrogens is 181 g/mol. The zero-order valence-corrected chi connectivity index (χ0v) is 7.75. The molecule has 0 amide bonds. The number of halogens is 1. The first kappa shape index (κ1) is 8.94. The predicted octanol–water partition coefficient (Wildman–Crippen LogP) is 2.97. The smallest absolute Gasteiger partial charge is 0.191 e. The van der Waals surface area contributed by atoms with Gasteiger partial charge in [0.2, 0.25) is 0 Å². The third-order valence-corrected chi connectivity index (χ3v) is 1.92. The fourth-order valence-corrected chi connectivity index (χ4v) is 1.30. The SMILES string of the molecule is [CH2]c1oc(C)nc1-c1ccc(F)cc1. The molecule has 0 N–H and O–H groups in total. The molecule has 2 aromatic rings. The molecule has 71 valence electrons. The van der Waals surface area contributed by atoms with Gasteiger partial charge in [-0.2, -0.15) is 0 Å². The van der Waals surface area contributed by atoms with Crippen molar-refractivity contribution in [1.82, 2.24) is 4.98 Å². The van der Waals surface area contributed by atoms with E-state index in [9.17, 15) is 4.39 Å². The van der Waals surface area contributed by atoms with Crippen LogP contribution in [0.5, 0.6) is 0 Å². The molecule has 1 aromatic carbocycles. The molecule has 3 heteroatoms. The maximum Gasteiger partial charge on any atom is 0.191 e. The van der Waals surface area contributed by atoms with E-state index in [1.54, 1.807) is 19.1 Å². The van der Waals surface area contributed by atoms with Crippen LogP contribution < -0.4 is 0 Å². The van der Waals surface area contributed by atoms with Gasteiger partial charge in [0.15, 0.2) is 5.89 Å². The van der Waals surface area contributed by atoms with E-state index in [0.717, 1.165) is 5.56 Å². The van der Waals surface area contributed by atoms with Crippen LogP contribution in [-0.4, -0.2) is 4.98 Å². The van der Waals surface area contributed by atoms with Gasteiger partial charge in [-0.05, 0) is 24.3 Å². The number of benzene rings is 1. The lowest BCUT2D eigenvalue weighted by Gasteiger charge is -1.96. The number of oxazole rings is 1. The van der Waals surface area contributed by atoms with Crippen LogP contribution in [0.25, 0.3) is 11.3 Å². The van der Waals surface area contributed by atoms with Gasteiger partial charge in [-0.3, -0.25) is 0 Å². The van der Waals surface area contributed by atoms with Gasteiger partial charge < -0.3 is 4.42 Å². The van der Waals surface area contributed by atoms with Crippen molar-refractivity contribution in [3.05, 3.63) is 48.7 Å². The summed E-state index contributed by atoms with van der Waals surface area (Å²) >= 11 is 0. The molecule has 2 rings (SSSR count). The quantitative estimate of drug-likeness (QED) is 0.690. The number of rotatable bonds is 1. The molecule has 0 aliphatic heterocycles. The fourth-order valence-electron chi connectivity index (χ4n) is 1.30. The van der Waals surface area contributed by atoms with Crippen LogP contribution in [0.3, 0.4) is 0 Å². The molecule has 0 unspecified atom stereocenters. The summed E-state index contributed by atoms with van der Waals surface area (Å²) in [7, 11) is 0. The van der Waals surface area contributed by atoms with Crippen LogP contribution in [-0.2, 0) is 0 Å². The van der Waals surface area contributed by atoms with Crippen molar-refractivity contribution in [2.75, 3.05) is 0 Å². The van der Waals surface area contributed by atoms with Crippen LogP contribution in [0, 0.1) is 19.7 Å². The lowest BCUT2D eigenvalue weighted by Crippen LogP contribution is -1.81. The summed E-state index contributed by atoms with van der Waals surface area (Å²) in [5, 5.41) is 0. The lowest BCUT2D eigenvalue weighted by molar-refractivity contribution is 0.506. The van der Waals surface area contributed by atoms with Gasteiger partial charge in [-0.15, -0.1) is 0 Å². The molecule has 1 radical (unpaired) electrons. The topological polar surface area (TPSA) is 26.0 Å². The molecule has 0 atom stereocenters. The average molecular weight is 190 g/mol. The maximum absolute atomic E-state index is 12.6. The predicted molar refractivity (Wildman–Crippen MR) is 51.1 cm³/mol. The second kappa shape index (κ2) is 3.25. The molecule has 14 heavy (non-hydrogen) atoms. The Hall–Kier alpha value is -1.64. The molecule has 0 fully saturated rings. The van der Waals surface area contributed by atoms with Gasteiger partial charge in [0.05, 0.1) is 0 Å². The summed E-state index contributed by atoms with van der Waals surface area (Å²) in [4.78, 5) is 4.16. The highest BCUT2D eigenvalue weighted by atomic mass is 19.1. The minimum Gasteiger partial charge on any atom is -0.445 e. The monoisotopic (exact) mass is 190 g/mol. The van der Waals surface area contributed by atoms with E-state index < -0.39 is 0 Å². The Morgan fingerprint density at radius 1 is 1.29 bits per heavy atom. The van der Waals surface area contributed by atoms with E-state index in [1.807, 2.05) is 0 Å². The van der Waals surface area contributed by atoms with Crippen molar-refractivity contribution in [2.24, 2.45) is 0 Å². The summed E-state index contributed by atoms with van der Waals surface area (Å²) in [6.07, 6.45) is 0. The number of hydrogen-bond acceptors (Lipinski definition) is 2. The third-order valence-electron chi connectivity index (χ3n) is 1.92. The van der Waals surface area contributed by atoms with E-state index in [0.29, 0.717) is 17.3 Å². The maximum atomic E-state index is 12.6. The highest BCUT2D eigenvalue weighted by Crippen LogP contribution is 2.22. The highest BCUT2D eigenvalue weighted by molar-refractivity contribution is 5.61. The van der Waals surface area contributed by atoms with Crippen molar-refractivity contribution in [2.45, 2.75) is 6.92 Å². The van der Waals surface area contributed by atoms with E-state index >= 15 is 0 Å². The van der Waals surface area contributed by atoms with Crippen LogP contribution in [0.1, 0.15) is 11.7 Å². The molecule has 0 aliphatic carbocycles. The van der Waals surface area contributed by atoms with Crippen molar-refractivity contribution in [1.29, 1.82) is 0 Å². The number of nitrogens with zero attached hydrogens (tertiary/aromatic N) is 1. The summed E-state index contributed by atoms with van der Waals surface area (Å²) in [5.41, 5.74) is 1.48. The standard InChI is InChI=1S/C11H9FNO/c1-7-11(13-8(2)14-7)9-3-5-10(12)6-4-9/h3-6H,1H2,2H3. The molecule has 0 bridgehead atoms. The molecular formula is C11H9FNO. The number of hydrogen-bond donors (Lipinski definition) is 0. The first-order valence-electron chi connectivity index (χ1n) is 4.22. The van der Waals surface area contributed by atoms with Crippen LogP contribution >= 0.6 is 0 Å². The fraction of sp³-hybridized carbons (Fsp3) is 0.0909. The van der Waals surface area contributed by atoms with Gasteiger partial charge in [0.25, 0.3) is 0 Å². The molecule has 0 aliphatic rings. The van der Waals surface area contributed by atoms with E-state index in [-0.39, 0.29) is 5.82 Å². The Morgan fingerprint density at radius 2 is 1.93 bits per heavy atom. The van der Waals surface area contributed by atoms with Crippen molar-refractivity contribution in [3.63, 3.8) is 0 Å². The van der Waals surface area contributed by atoms with E-state index in [1.165, 1.54) is 12.1 Å². The van der Waals surface area contributed by atoms with Crippen LogP contribution in [0.4, 0.5) is 4.39 Å². The first-order chi connectivity index (χ1) is 6.66. The normalized spacial score (nSPS) is 10.5. The third kappa shape index (κ3) is 1.53. The van der Waals surface area contributed by atoms with Crippen molar-refractivity contribution >= 4 is 0 Å². The minimum atomic E-state index is -0.264. The Balaban J connectivity index is 2.49. The van der Waals surface area contributed by atoms with Crippen LogP contribution in [0.15, 0.2) is 28.7 Å². The van der Waals surface area contributed by atoms with E-state index in [4.69, 9.17) is 4.42 Å². The van der Waals surface area contributed by atoms with Gasteiger partial charge in [-0.1, -0.05) is 0 Å². The van der Waals surface area contributed by atoms with Crippen molar-refractivity contribution < 1.29 is 8.81 Å². The highest BCUT2D eigenvalue weighted by Gasteiger charge is 2.08. The zero-order valence-electron chi connectivity index (χ0n) is 7.75. The van der Waals surface area contributed by atoms with Crippen molar-refractivity contribution in [3.8, 4) is 11.3 Å². The first-order valence-corrected chi connectivity index (χ1v) is 4.22. The average Bonchev–Trinajstić information content (AvgIpc) is 2.47. The van der Waals surface area contributed by atoms with Crippen LogP contribution in [0.2, 0.25) is 0 Å². The Morgan fingerprint density at radius 3 is 2.43 bits per heavy atom. The Labute approximate surface area is 81.4 Å². The molecule has 0 saturated carbocycles. The summed E-state index contributed by atoms with van der Waals surface area (Å²) < 4.78 is 17.8. The van der Waals surface area contributed by atoms with Gasteiger partial charge in [0, 0.05) is 19.4 Å². The molecule has 2 nitrogen and oxygen atoms in total. The molecule has 0 saturated heterocycles. The second-order valence-corrected chi connectivity index (χ2v) is 3.01. The van der Waals surface area contributed by atoms with E-state index in [2.05, 4.69) is 11.9 Å². The summed E-state index contributed by atoms with van der Waals surface area (Å²) in [6.45, 7) is 5.47. The molecule has 1 aromatic heterocycles. The van der Waals surface area contributed by atoms with Gasteiger partial charge in [0.1, 0.15) is 17.3 Å². The molecule has 0 spiro atoms. The molecule has 1 heterocycles. The second-order valence-electron chi connectivity index (χ2n) is 3.01. The van der Waals surface area contributed by atoms with Gasteiger partial charge >= 0.3 is 0 Å². The minimum absolute atomic E-state index is 0.264. The Bertz CT molecular complexity index is 445. The number of aromatic nitrogens is 1.